The van der Waals surface area contributed by atoms with Crippen LogP contribution in [0.4, 0.5) is 0 Å². The van der Waals surface area contributed by atoms with Crippen LogP contribution in [0, 0.1) is 0 Å². The van der Waals surface area contributed by atoms with Crippen LogP contribution in [0.15, 0.2) is 29.2 Å². The highest BCUT2D eigenvalue weighted by Gasteiger charge is 2.30. The zero-order chi connectivity index (χ0) is 14.0. The molecule has 2 rings (SSSR count). The zero-order valence-electron chi connectivity index (χ0n) is 11.8. The minimum Gasteiger partial charge on any atom is -0.326 e. The molecule has 1 aromatic carbocycles. The molecule has 0 radical (unpaired) electrons. The lowest BCUT2D eigenvalue weighted by molar-refractivity contribution is 0.402. The van der Waals surface area contributed by atoms with Crippen LogP contribution in [0.25, 0.3) is 0 Å². The van der Waals surface area contributed by atoms with Crippen molar-refractivity contribution < 1.29 is 8.42 Å². The molecule has 1 atom stereocenters. The molecular formula is C13H22ClN3O2S. The summed E-state index contributed by atoms with van der Waals surface area (Å²) < 4.78 is 26.2. The first kappa shape index (κ1) is 17.4. The van der Waals surface area contributed by atoms with Gasteiger partial charge in [-0.25, -0.2) is 8.42 Å². The molecule has 5 nitrogen and oxygen atoms in total. The predicted molar refractivity (Wildman–Crippen MR) is 82.4 cm³/mol. The zero-order valence-corrected chi connectivity index (χ0v) is 13.5. The summed E-state index contributed by atoms with van der Waals surface area (Å²) in [5.74, 6) is 0. The quantitative estimate of drug-likeness (QED) is 0.895. The number of benzene rings is 1. The Balaban J connectivity index is 0.00000200. The standard InChI is InChI=1S/C13H21N3O2S.ClH/c1-15(2)9-11-3-5-13(6-4-11)19(17,18)16-8-7-12(14)10-16;/h3-6,12H,7-10,14H2,1-2H3;1H/t12-;/m0./s1. The fourth-order valence-electron chi connectivity index (χ4n) is 2.25. The Morgan fingerprint density at radius 1 is 1.30 bits per heavy atom. The average molecular weight is 320 g/mol. The van der Waals surface area contributed by atoms with Crippen molar-refractivity contribution in [3.8, 4) is 0 Å². The summed E-state index contributed by atoms with van der Waals surface area (Å²) in [6.45, 7) is 1.74. The largest absolute Gasteiger partial charge is 0.326 e. The molecule has 1 fully saturated rings. The third-order valence-corrected chi connectivity index (χ3v) is 5.13. The van der Waals surface area contributed by atoms with Gasteiger partial charge in [0.25, 0.3) is 0 Å². The molecule has 1 heterocycles. The van der Waals surface area contributed by atoms with Gasteiger partial charge in [0.2, 0.25) is 10.0 Å². The molecule has 20 heavy (non-hydrogen) atoms. The monoisotopic (exact) mass is 319 g/mol. The van der Waals surface area contributed by atoms with Crippen molar-refractivity contribution in [1.82, 2.24) is 9.21 Å². The van der Waals surface area contributed by atoms with Crippen LogP contribution in [0.1, 0.15) is 12.0 Å². The summed E-state index contributed by atoms with van der Waals surface area (Å²) in [4.78, 5) is 2.40. The van der Waals surface area contributed by atoms with Gasteiger partial charge >= 0.3 is 0 Å². The second kappa shape index (κ2) is 6.87. The van der Waals surface area contributed by atoms with E-state index in [1.807, 2.05) is 31.1 Å². The predicted octanol–water partition coefficient (Wildman–Crippen LogP) is 0.892. The van der Waals surface area contributed by atoms with Crippen LogP contribution in [0.3, 0.4) is 0 Å². The summed E-state index contributed by atoms with van der Waals surface area (Å²) in [7, 11) is 0.588. The minimum atomic E-state index is -3.38. The van der Waals surface area contributed by atoms with E-state index in [-0.39, 0.29) is 18.4 Å². The molecule has 114 valence electrons. The smallest absolute Gasteiger partial charge is 0.243 e. The molecule has 7 heteroatoms. The van der Waals surface area contributed by atoms with E-state index >= 15 is 0 Å². The molecule has 1 saturated heterocycles. The molecule has 0 bridgehead atoms. The van der Waals surface area contributed by atoms with E-state index in [2.05, 4.69) is 0 Å². The second-order valence-electron chi connectivity index (χ2n) is 5.29. The van der Waals surface area contributed by atoms with Crippen LogP contribution in [0.2, 0.25) is 0 Å². The molecular weight excluding hydrogens is 298 g/mol. The fourth-order valence-corrected chi connectivity index (χ4v) is 3.76. The summed E-state index contributed by atoms with van der Waals surface area (Å²) >= 11 is 0. The third-order valence-electron chi connectivity index (χ3n) is 3.25. The van der Waals surface area contributed by atoms with Crippen molar-refractivity contribution in [2.45, 2.75) is 23.9 Å². The lowest BCUT2D eigenvalue weighted by Crippen LogP contribution is -2.31. The maximum absolute atomic E-state index is 12.4. The van der Waals surface area contributed by atoms with Crippen LogP contribution in [-0.4, -0.2) is 50.8 Å². The molecule has 0 aliphatic carbocycles. The Morgan fingerprint density at radius 2 is 1.90 bits per heavy atom. The van der Waals surface area contributed by atoms with Crippen molar-refractivity contribution in [3.63, 3.8) is 0 Å². The van der Waals surface area contributed by atoms with E-state index < -0.39 is 10.0 Å². The maximum Gasteiger partial charge on any atom is 0.243 e. The third kappa shape index (κ3) is 3.93. The van der Waals surface area contributed by atoms with Gasteiger partial charge in [-0.05, 0) is 38.2 Å². The van der Waals surface area contributed by atoms with E-state index in [1.54, 1.807) is 12.1 Å². The van der Waals surface area contributed by atoms with Gasteiger partial charge in [-0.15, -0.1) is 12.4 Å². The molecule has 1 aromatic rings. The number of nitrogens with two attached hydrogens (primary N) is 1. The molecule has 0 aromatic heterocycles. The van der Waals surface area contributed by atoms with Gasteiger partial charge in [0, 0.05) is 25.7 Å². The van der Waals surface area contributed by atoms with E-state index in [9.17, 15) is 8.42 Å². The number of halogens is 1. The van der Waals surface area contributed by atoms with Crippen molar-refractivity contribution in [2.24, 2.45) is 5.73 Å². The highest BCUT2D eigenvalue weighted by molar-refractivity contribution is 7.89. The normalized spacial score (nSPS) is 20.1. The van der Waals surface area contributed by atoms with Gasteiger partial charge in [0.05, 0.1) is 4.90 Å². The highest BCUT2D eigenvalue weighted by Crippen LogP contribution is 2.20. The minimum absolute atomic E-state index is 0. The Morgan fingerprint density at radius 3 is 2.35 bits per heavy atom. The van der Waals surface area contributed by atoms with Crippen LogP contribution in [0.5, 0.6) is 0 Å². The van der Waals surface area contributed by atoms with Gasteiger partial charge in [0.15, 0.2) is 0 Å². The topological polar surface area (TPSA) is 66.6 Å². The lowest BCUT2D eigenvalue weighted by Gasteiger charge is -2.16. The van der Waals surface area contributed by atoms with E-state index in [4.69, 9.17) is 5.73 Å². The van der Waals surface area contributed by atoms with E-state index in [0.29, 0.717) is 18.0 Å². The first-order valence-corrected chi connectivity index (χ1v) is 7.83. The number of hydrogen-bond donors (Lipinski definition) is 1. The van der Waals surface area contributed by atoms with Crippen LogP contribution >= 0.6 is 12.4 Å². The Hall–Kier alpha value is -0.660. The molecule has 0 spiro atoms. The van der Waals surface area contributed by atoms with E-state index in [0.717, 1.165) is 18.5 Å². The molecule has 0 amide bonds. The average Bonchev–Trinajstić information content (AvgIpc) is 2.76. The SMILES string of the molecule is CN(C)Cc1ccc(S(=O)(=O)N2CC[C@H](N)C2)cc1.Cl. The summed E-state index contributed by atoms with van der Waals surface area (Å²) in [5.41, 5.74) is 6.87. The van der Waals surface area contributed by atoms with Crippen LogP contribution in [-0.2, 0) is 16.6 Å². The molecule has 1 aliphatic heterocycles. The number of rotatable bonds is 4. The Labute approximate surface area is 127 Å². The van der Waals surface area contributed by atoms with Gasteiger partial charge in [-0.3, -0.25) is 0 Å². The highest BCUT2D eigenvalue weighted by atomic mass is 35.5. The Kier molecular flexibility index (Phi) is 5.97. The van der Waals surface area contributed by atoms with E-state index in [1.165, 1.54) is 4.31 Å². The first-order valence-electron chi connectivity index (χ1n) is 6.39. The van der Waals surface area contributed by atoms with Crippen molar-refractivity contribution in [1.29, 1.82) is 0 Å². The number of sulfonamides is 1. The summed E-state index contributed by atoms with van der Waals surface area (Å²) in [6, 6.07) is 7.05. The first-order chi connectivity index (χ1) is 8.89. The van der Waals surface area contributed by atoms with Gasteiger partial charge in [-0.1, -0.05) is 12.1 Å². The molecule has 0 saturated carbocycles. The van der Waals surface area contributed by atoms with Gasteiger partial charge in [-0.2, -0.15) is 4.31 Å². The summed E-state index contributed by atoms with van der Waals surface area (Å²) in [5, 5.41) is 0. The Bertz CT molecular complexity index is 531. The number of nitrogens with zero attached hydrogens (tertiary/aromatic N) is 2. The van der Waals surface area contributed by atoms with Gasteiger partial charge in [0.1, 0.15) is 0 Å². The molecule has 0 unspecified atom stereocenters. The van der Waals surface area contributed by atoms with Crippen molar-refractivity contribution in [2.75, 3.05) is 27.2 Å². The lowest BCUT2D eigenvalue weighted by atomic mass is 10.2. The molecule has 2 N–H and O–H groups in total. The van der Waals surface area contributed by atoms with Crippen molar-refractivity contribution in [3.05, 3.63) is 29.8 Å². The van der Waals surface area contributed by atoms with Crippen molar-refractivity contribution >= 4 is 22.4 Å². The van der Waals surface area contributed by atoms with Crippen LogP contribution < -0.4 is 5.73 Å². The molecule has 1 aliphatic rings. The summed E-state index contributed by atoms with van der Waals surface area (Å²) in [6.07, 6.45) is 0.734. The maximum atomic E-state index is 12.4. The van der Waals surface area contributed by atoms with Gasteiger partial charge < -0.3 is 10.6 Å². The fraction of sp³-hybridized carbons (Fsp3) is 0.538. The second-order valence-corrected chi connectivity index (χ2v) is 7.23. The number of hydrogen-bond acceptors (Lipinski definition) is 4.